The first-order chi connectivity index (χ1) is 10.8. The summed E-state index contributed by atoms with van der Waals surface area (Å²) in [5, 5.41) is 0. The fraction of sp³-hybridized carbons (Fsp3) is 0.889. The highest BCUT2D eigenvalue weighted by Gasteiger charge is 2.56. The summed E-state index contributed by atoms with van der Waals surface area (Å²) in [5.41, 5.74) is -1.26. The summed E-state index contributed by atoms with van der Waals surface area (Å²) in [6.45, 7) is 20.5. The van der Waals surface area contributed by atoms with Crippen LogP contribution in [0.3, 0.4) is 0 Å². The zero-order valence-corrected chi connectivity index (χ0v) is 16.8. The predicted octanol–water partition coefficient (Wildman–Crippen LogP) is 4.51. The van der Waals surface area contributed by atoms with E-state index in [9.17, 15) is 0 Å². The Bertz CT molecular complexity index is 442. The van der Waals surface area contributed by atoms with Gasteiger partial charge in [-0.15, -0.1) is 6.58 Å². The minimum absolute atomic E-state index is 0.207. The smallest absolute Gasteiger partial charge is 0.403 e. The number of rotatable bonds is 6. The molecule has 0 aromatic carbocycles. The molecule has 136 valence electrons. The highest BCUT2D eigenvalue weighted by Crippen LogP contribution is 2.45. The van der Waals surface area contributed by atoms with Crippen LogP contribution in [-0.4, -0.2) is 36.6 Å². The van der Waals surface area contributed by atoms with Crippen molar-refractivity contribution in [3.05, 3.63) is 12.7 Å². The molecule has 0 N–H and O–H groups in total. The first-order valence-corrected chi connectivity index (χ1v) is 9.13. The number of hydrogen-bond acceptors (Lipinski definition) is 4. The highest BCUT2D eigenvalue weighted by molar-refractivity contribution is 6.53. The second kappa shape index (κ2) is 6.46. The van der Waals surface area contributed by atoms with Gasteiger partial charge in [-0.1, -0.05) is 6.08 Å². The fourth-order valence-corrected chi connectivity index (χ4v) is 3.09. The molecule has 24 heavy (non-hydrogen) atoms. The molecule has 2 aliphatic rings. The van der Waals surface area contributed by atoms with Crippen LogP contribution in [0.15, 0.2) is 12.7 Å². The Balaban J connectivity index is 2.09. The number of hydrogen-bond donors (Lipinski definition) is 0. The van der Waals surface area contributed by atoms with Crippen LogP contribution in [0.5, 0.6) is 0 Å². The maximum atomic E-state index is 6.27. The Morgan fingerprint density at radius 2 is 1.21 bits per heavy atom. The quantitative estimate of drug-likeness (QED) is 0.528. The summed E-state index contributed by atoms with van der Waals surface area (Å²) in [7, 11) is -0.474. The van der Waals surface area contributed by atoms with Crippen molar-refractivity contribution >= 4 is 14.2 Å². The van der Waals surface area contributed by atoms with Gasteiger partial charge in [-0.05, 0) is 80.4 Å². The van der Waals surface area contributed by atoms with Crippen molar-refractivity contribution in [3.63, 3.8) is 0 Å². The summed E-state index contributed by atoms with van der Waals surface area (Å²) in [6.07, 6.45) is 4.58. The number of allylic oxidation sites excluding steroid dienone is 1. The zero-order chi connectivity index (χ0) is 18.4. The molecular weight excluding hydrogens is 302 g/mol. The minimum atomic E-state index is -0.319. The zero-order valence-electron chi connectivity index (χ0n) is 16.8. The average Bonchev–Trinajstić information content (AvgIpc) is 2.73. The van der Waals surface area contributed by atoms with E-state index in [-0.39, 0.29) is 42.5 Å². The van der Waals surface area contributed by atoms with Crippen LogP contribution in [0.2, 0.25) is 12.1 Å². The Kier molecular flexibility index (Phi) is 5.39. The van der Waals surface area contributed by atoms with Crippen LogP contribution in [0, 0.1) is 0 Å². The molecule has 2 heterocycles. The van der Waals surface area contributed by atoms with Crippen molar-refractivity contribution in [2.24, 2.45) is 0 Å². The average molecular weight is 336 g/mol. The lowest BCUT2D eigenvalue weighted by Crippen LogP contribution is -2.41. The van der Waals surface area contributed by atoms with Gasteiger partial charge in [-0.3, -0.25) is 0 Å². The van der Waals surface area contributed by atoms with Crippen LogP contribution in [0.25, 0.3) is 0 Å². The molecule has 0 saturated carbocycles. The van der Waals surface area contributed by atoms with Crippen LogP contribution in [0.4, 0.5) is 0 Å². The normalized spacial score (nSPS) is 28.2. The van der Waals surface area contributed by atoms with Crippen molar-refractivity contribution in [2.75, 3.05) is 0 Å². The Morgan fingerprint density at radius 3 is 1.62 bits per heavy atom. The lowest BCUT2D eigenvalue weighted by molar-refractivity contribution is 0.00578. The molecule has 0 aromatic rings. The van der Waals surface area contributed by atoms with Gasteiger partial charge >= 0.3 is 14.2 Å². The third-order valence-electron chi connectivity index (χ3n) is 6.20. The van der Waals surface area contributed by atoms with Crippen LogP contribution >= 0.6 is 0 Å². The van der Waals surface area contributed by atoms with E-state index >= 15 is 0 Å². The van der Waals surface area contributed by atoms with Crippen molar-refractivity contribution in [1.82, 2.24) is 0 Å². The van der Waals surface area contributed by atoms with Gasteiger partial charge < -0.3 is 18.6 Å². The molecule has 0 aromatic heterocycles. The summed E-state index contributed by atoms with van der Waals surface area (Å²) in [4.78, 5) is 0. The van der Waals surface area contributed by atoms with Crippen molar-refractivity contribution < 1.29 is 18.6 Å². The SMILES string of the molecule is C=CCC[C@@H](CB1OC(C)(C)C(C)(C)O1)B1OC(C)(C)C(C)(C)O1. The fourth-order valence-electron chi connectivity index (χ4n) is 3.09. The first-order valence-electron chi connectivity index (χ1n) is 9.13. The van der Waals surface area contributed by atoms with Crippen LogP contribution < -0.4 is 0 Å². The van der Waals surface area contributed by atoms with Gasteiger partial charge in [0.1, 0.15) is 0 Å². The lowest BCUT2D eigenvalue weighted by Gasteiger charge is -2.32. The van der Waals surface area contributed by atoms with Crippen molar-refractivity contribution in [1.29, 1.82) is 0 Å². The van der Waals surface area contributed by atoms with Gasteiger partial charge in [0.15, 0.2) is 0 Å². The Labute approximate surface area is 148 Å². The molecule has 2 aliphatic heterocycles. The molecular formula is C18H34B2O4. The molecule has 6 heteroatoms. The maximum absolute atomic E-state index is 6.27. The monoisotopic (exact) mass is 336 g/mol. The van der Waals surface area contributed by atoms with Crippen molar-refractivity contribution in [2.45, 2.75) is 103 Å². The van der Waals surface area contributed by atoms with E-state index in [1.54, 1.807) is 0 Å². The predicted molar refractivity (Wildman–Crippen MR) is 100 cm³/mol. The van der Waals surface area contributed by atoms with E-state index < -0.39 is 0 Å². The molecule has 0 bridgehead atoms. The lowest BCUT2D eigenvalue weighted by atomic mass is 9.59. The van der Waals surface area contributed by atoms with E-state index in [1.807, 2.05) is 6.08 Å². The molecule has 4 nitrogen and oxygen atoms in total. The summed E-state index contributed by atoms with van der Waals surface area (Å²) in [6, 6.07) is 0. The summed E-state index contributed by atoms with van der Waals surface area (Å²) in [5.74, 6) is 0.207. The third-order valence-corrected chi connectivity index (χ3v) is 6.20. The molecule has 0 amide bonds. The highest BCUT2D eigenvalue weighted by atomic mass is 16.7. The van der Waals surface area contributed by atoms with Crippen molar-refractivity contribution in [3.8, 4) is 0 Å². The van der Waals surface area contributed by atoms with Gasteiger partial charge in [0, 0.05) is 0 Å². The summed E-state index contributed by atoms with van der Waals surface area (Å²) >= 11 is 0. The topological polar surface area (TPSA) is 36.9 Å². The largest absolute Gasteiger partial charge is 0.460 e. The molecule has 2 saturated heterocycles. The molecule has 0 radical (unpaired) electrons. The van der Waals surface area contributed by atoms with Gasteiger partial charge in [0.05, 0.1) is 22.4 Å². The van der Waals surface area contributed by atoms with Gasteiger partial charge in [0.2, 0.25) is 0 Å². The molecule has 0 aliphatic carbocycles. The first kappa shape index (κ1) is 20.0. The molecule has 1 atom stereocenters. The van der Waals surface area contributed by atoms with Gasteiger partial charge in [-0.2, -0.15) is 0 Å². The Morgan fingerprint density at radius 1 is 0.792 bits per heavy atom. The van der Waals surface area contributed by atoms with Crippen LogP contribution in [-0.2, 0) is 18.6 Å². The standard InChI is InChI=1S/C18H34B2O4/c1-10-11-12-14(20-23-17(6,7)18(8,9)24-20)13-19-21-15(2,3)16(4,5)22-19/h10,14H,1,11-13H2,2-9H3/t14-/m0/s1. The minimum Gasteiger partial charge on any atom is -0.403 e. The summed E-state index contributed by atoms with van der Waals surface area (Å²) < 4.78 is 24.9. The van der Waals surface area contributed by atoms with Crippen LogP contribution in [0.1, 0.15) is 68.2 Å². The molecule has 0 unspecified atom stereocenters. The van der Waals surface area contributed by atoms with E-state index in [1.165, 1.54) is 0 Å². The molecule has 2 rings (SSSR count). The second-order valence-electron chi connectivity index (χ2n) is 9.17. The Hall–Kier alpha value is -0.290. The second-order valence-corrected chi connectivity index (χ2v) is 9.17. The van der Waals surface area contributed by atoms with E-state index in [0.29, 0.717) is 0 Å². The van der Waals surface area contributed by atoms with E-state index in [0.717, 1.165) is 19.2 Å². The molecule has 2 fully saturated rings. The maximum Gasteiger partial charge on any atom is 0.460 e. The van der Waals surface area contributed by atoms with E-state index in [4.69, 9.17) is 18.6 Å². The molecule has 0 spiro atoms. The van der Waals surface area contributed by atoms with E-state index in [2.05, 4.69) is 62.0 Å². The van der Waals surface area contributed by atoms with Gasteiger partial charge in [0.25, 0.3) is 0 Å². The van der Waals surface area contributed by atoms with Gasteiger partial charge in [-0.25, -0.2) is 0 Å². The third kappa shape index (κ3) is 3.77.